The Hall–Kier alpha value is -1.42. The molecule has 0 radical (unpaired) electrons. The van der Waals surface area contributed by atoms with Crippen LogP contribution in [0.1, 0.15) is 18.2 Å². The van der Waals surface area contributed by atoms with Crippen molar-refractivity contribution in [3.05, 3.63) is 30.1 Å². The summed E-state index contributed by atoms with van der Waals surface area (Å²) < 4.78 is 15.6. The number of nitrogens with zero attached hydrogens (tertiary/aromatic N) is 2. The van der Waals surface area contributed by atoms with E-state index in [1.165, 1.54) is 0 Å². The molecule has 2 rings (SSSR count). The molecule has 0 amide bonds. The summed E-state index contributed by atoms with van der Waals surface area (Å²) >= 11 is 0. The molecule has 80 valence electrons. The zero-order valence-electron chi connectivity index (χ0n) is 8.65. The average molecular weight is 207 g/mol. The number of alkyl halides is 1. The smallest absolute Gasteiger partial charge is 0.139 e. The standard InChI is InChI=1S/C11H14FN3/c1-15-7-9(10(12)4-5-13)8-3-2-6-14-11(8)15/h2-3,6-7,10H,4-5,13H2,1H3. The monoisotopic (exact) mass is 207 g/mol. The topological polar surface area (TPSA) is 43.8 Å². The Balaban J connectivity index is 2.52. The van der Waals surface area contributed by atoms with E-state index in [-0.39, 0.29) is 0 Å². The molecule has 0 aliphatic rings. The van der Waals surface area contributed by atoms with Gasteiger partial charge in [-0.05, 0) is 25.1 Å². The molecule has 0 fully saturated rings. The van der Waals surface area contributed by atoms with Crippen LogP contribution in [0.5, 0.6) is 0 Å². The second-order valence-electron chi connectivity index (χ2n) is 3.61. The van der Waals surface area contributed by atoms with Crippen LogP contribution in [0, 0.1) is 0 Å². The van der Waals surface area contributed by atoms with Gasteiger partial charge < -0.3 is 10.3 Å². The van der Waals surface area contributed by atoms with Crippen LogP contribution >= 0.6 is 0 Å². The lowest BCUT2D eigenvalue weighted by molar-refractivity contribution is 0.329. The highest BCUT2D eigenvalue weighted by atomic mass is 19.1. The lowest BCUT2D eigenvalue weighted by Crippen LogP contribution is -2.03. The summed E-state index contributed by atoms with van der Waals surface area (Å²) in [4.78, 5) is 4.21. The highest BCUT2D eigenvalue weighted by Crippen LogP contribution is 2.28. The Morgan fingerprint density at radius 3 is 3.13 bits per heavy atom. The Morgan fingerprint density at radius 1 is 1.60 bits per heavy atom. The third-order valence-corrected chi connectivity index (χ3v) is 2.52. The summed E-state index contributed by atoms with van der Waals surface area (Å²) in [5, 5.41) is 0.876. The summed E-state index contributed by atoms with van der Waals surface area (Å²) in [6.45, 7) is 0.359. The van der Waals surface area contributed by atoms with Crippen LogP contribution < -0.4 is 5.73 Å². The summed E-state index contributed by atoms with van der Waals surface area (Å²) in [7, 11) is 1.87. The number of hydrogen-bond acceptors (Lipinski definition) is 2. The maximum Gasteiger partial charge on any atom is 0.139 e. The first-order valence-electron chi connectivity index (χ1n) is 4.98. The summed E-state index contributed by atoms with van der Waals surface area (Å²) in [6, 6.07) is 3.71. The summed E-state index contributed by atoms with van der Waals surface area (Å²) in [5.41, 5.74) is 6.85. The van der Waals surface area contributed by atoms with Crippen molar-refractivity contribution in [2.45, 2.75) is 12.6 Å². The van der Waals surface area contributed by atoms with Crippen molar-refractivity contribution in [3.8, 4) is 0 Å². The van der Waals surface area contributed by atoms with Crippen LogP contribution in [0.3, 0.4) is 0 Å². The van der Waals surface area contributed by atoms with Gasteiger partial charge in [0.2, 0.25) is 0 Å². The summed E-state index contributed by atoms with van der Waals surface area (Å²) in [5.74, 6) is 0. The maximum absolute atomic E-state index is 13.8. The largest absolute Gasteiger partial charge is 0.335 e. The van der Waals surface area contributed by atoms with Crippen LogP contribution in [0.15, 0.2) is 24.5 Å². The molecule has 0 saturated heterocycles. The van der Waals surface area contributed by atoms with Crippen molar-refractivity contribution < 1.29 is 4.39 Å². The first-order chi connectivity index (χ1) is 7.24. The first kappa shape index (κ1) is 10.1. The van der Waals surface area contributed by atoms with Crippen LogP contribution in [0.2, 0.25) is 0 Å². The van der Waals surface area contributed by atoms with E-state index >= 15 is 0 Å². The van der Waals surface area contributed by atoms with Crippen molar-refractivity contribution in [2.75, 3.05) is 6.54 Å². The Morgan fingerprint density at radius 2 is 2.40 bits per heavy atom. The van der Waals surface area contributed by atoms with Gasteiger partial charge in [0.05, 0.1) is 0 Å². The van der Waals surface area contributed by atoms with Gasteiger partial charge in [-0.1, -0.05) is 0 Å². The van der Waals surface area contributed by atoms with Crippen LogP contribution in [0.4, 0.5) is 4.39 Å². The molecule has 3 nitrogen and oxygen atoms in total. The fraction of sp³-hybridized carbons (Fsp3) is 0.364. The van der Waals surface area contributed by atoms with E-state index in [0.717, 1.165) is 11.0 Å². The van der Waals surface area contributed by atoms with Gasteiger partial charge in [-0.25, -0.2) is 9.37 Å². The van der Waals surface area contributed by atoms with Gasteiger partial charge in [-0.3, -0.25) is 0 Å². The molecule has 2 aromatic rings. The zero-order valence-corrected chi connectivity index (χ0v) is 8.65. The molecule has 1 unspecified atom stereocenters. The van der Waals surface area contributed by atoms with Crippen LogP contribution in [-0.4, -0.2) is 16.1 Å². The molecule has 0 spiro atoms. The number of pyridine rings is 1. The molecule has 1 atom stereocenters. The van der Waals surface area contributed by atoms with E-state index in [1.54, 1.807) is 12.4 Å². The quantitative estimate of drug-likeness (QED) is 0.835. The van der Waals surface area contributed by atoms with Gasteiger partial charge >= 0.3 is 0 Å². The van der Waals surface area contributed by atoms with E-state index in [0.29, 0.717) is 18.5 Å². The minimum absolute atomic E-state index is 0.355. The minimum atomic E-state index is -0.997. The highest BCUT2D eigenvalue weighted by molar-refractivity contribution is 5.80. The van der Waals surface area contributed by atoms with Crippen molar-refractivity contribution in [3.63, 3.8) is 0 Å². The third-order valence-electron chi connectivity index (χ3n) is 2.52. The number of aromatic nitrogens is 2. The number of rotatable bonds is 3. The van der Waals surface area contributed by atoms with Gasteiger partial charge in [-0.15, -0.1) is 0 Å². The fourth-order valence-electron chi connectivity index (χ4n) is 1.79. The van der Waals surface area contributed by atoms with Crippen molar-refractivity contribution in [1.29, 1.82) is 0 Å². The van der Waals surface area contributed by atoms with Crippen molar-refractivity contribution in [2.24, 2.45) is 12.8 Å². The summed E-state index contributed by atoms with van der Waals surface area (Å²) in [6.07, 6.45) is 2.86. The molecule has 2 aromatic heterocycles. The van der Waals surface area contributed by atoms with Gasteiger partial charge in [0, 0.05) is 30.4 Å². The number of fused-ring (bicyclic) bond motifs is 1. The molecule has 2 heterocycles. The molecule has 0 bridgehead atoms. The molecule has 4 heteroatoms. The van der Waals surface area contributed by atoms with E-state index in [4.69, 9.17) is 5.73 Å². The molecule has 0 aliphatic carbocycles. The second-order valence-corrected chi connectivity index (χ2v) is 3.61. The van der Waals surface area contributed by atoms with E-state index in [1.807, 2.05) is 23.7 Å². The van der Waals surface area contributed by atoms with Crippen molar-refractivity contribution in [1.82, 2.24) is 9.55 Å². The zero-order chi connectivity index (χ0) is 10.8. The predicted molar refractivity (Wildman–Crippen MR) is 58.2 cm³/mol. The minimum Gasteiger partial charge on any atom is -0.335 e. The predicted octanol–water partition coefficient (Wildman–Crippen LogP) is 1.93. The Bertz CT molecular complexity index is 464. The molecule has 0 aromatic carbocycles. The fourth-order valence-corrected chi connectivity index (χ4v) is 1.79. The van der Waals surface area contributed by atoms with Gasteiger partial charge in [0.1, 0.15) is 11.8 Å². The maximum atomic E-state index is 13.8. The normalized spacial score (nSPS) is 13.3. The molecule has 0 aliphatic heterocycles. The number of nitrogens with two attached hydrogens (primary N) is 1. The Kier molecular flexibility index (Phi) is 2.68. The first-order valence-corrected chi connectivity index (χ1v) is 4.98. The lowest BCUT2D eigenvalue weighted by atomic mass is 10.1. The highest BCUT2D eigenvalue weighted by Gasteiger charge is 2.15. The number of halogens is 1. The van der Waals surface area contributed by atoms with Gasteiger partial charge in [0.25, 0.3) is 0 Å². The van der Waals surface area contributed by atoms with Crippen LogP contribution in [-0.2, 0) is 7.05 Å². The van der Waals surface area contributed by atoms with Crippen molar-refractivity contribution >= 4 is 11.0 Å². The molecular weight excluding hydrogens is 193 g/mol. The SMILES string of the molecule is Cn1cc(C(F)CCN)c2cccnc21. The van der Waals surface area contributed by atoms with Gasteiger partial charge in [0.15, 0.2) is 0 Å². The van der Waals surface area contributed by atoms with Gasteiger partial charge in [-0.2, -0.15) is 0 Å². The Labute approximate surface area is 87.7 Å². The third kappa shape index (κ3) is 1.72. The van der Waals surface area contributed by atoms with E-state index < -0.39 is 6.17 Å². The lowest BCUT2D eigenvalue weighted by Gasteiger charge is -2.03. The van der Waals surface area contributed by atoms with E-state index in [9.17, 15) is 4.39 Å². The van der Waals surface area contributed by atoms with Crippen LogP contribution in [0.25, 0.3) is 11.0 Å². The number of hydrogen-bond donors (Lipinski definition) is 1. The average Bonchev–Trinajstić information content (AvgIpc) is 2.58. The second kappa shape index (κ2) is 3.98. The number of aryl methyl sites for hydroxylation is 1. The molecule has 15 heavy (non-hydrogen) atoms. The molecule has 2 N–H and O–H groups in total. The molecular formula is C11H14FN3. The van der Waals surface area contributed by atoms with E-state index in [2.05, 4.69) is 4.98 Å². The molecule has 0 saturated carbocycles.